The van der Waals surface area contributed by atoms with Gasteiger partial charge in [-0.1, -0.05) is 20.8 Å². The Morgan fingerprint density at radius 1 is 1.28 bits per heavy atom. The van der Waals surface area contributed by atoms with E-state index in [0.29, 0.717) is 0 Å². The van der Waals surface area contributed by atoms with Gasteiger partial charge in [-0.25, -0.2) is 0 Å². The molecule has 0 spiro atoms. The maximum Gasteiger partial charge on any atom is 0.273 e. The minimum absolute atomic E-state index is 0.0960. The lowest BCUT2D eigenvalue weighted by molar-refractivity contribution is -0.384. The summed E-state index contributed by atoms with van der Waals surface area (Å²) in [5.41, 5.74) is 1.78. The van der Waals surface area contributed by atoms with Crippen molar-refractivity contribution in [3.8, 4) is 0 Å². The van der Waals surface area contributed by atoms with Crippen molar-refractivity contribution >= 4 is 17.1 Å². The molecule has 100 valence electrons. The Morgan fingerprint density at radius 2 is 1.89 bits per heavy atom. The van der Waals surface area contributed by atoms with Crippen LogP contribution in [0.1, 0.15) is 27.2 Å². The molecule has 0 aliphatic carbocycles. The lowest BCUT2D eigenvalue weighted by atomic mass is 9.90. The summed E-state index contributed by atoms with van der Waals surface area (Å²) in [4.78, 5) is 10.5. The van der Waals surface area contributed by atoms with E-state index in [9.17, 15) is 10.1 Å². The van der Waals surface area contributed by atoms with Crippen molar-refractivity contribution in [2.45, 2.75) is 27.2 Å². The molecule has 0 saturated heterocycles. The number of rotatable bonds is 6. The van der Waals surface area contributed by atoms with Crippen LogP contribution in [-0.2, 0) is 0 Å². The van der Waals surface area contributed by atoms with Crippen LogP contribution < -0.4 is 10.6 Å². The fraction of sp³-hybridized carbons (Fsp3) is 0.538. The van der Waals surface area contributed by atoms with Gasteiger partial charge in [-0.05, 0) is 17.9 Å². The number of nitrogens with one attached hydrogen (secondary N) is 2. The molecule has 5 nitrogen and oxygen atoms in total. The molecule has 0 heterocycles. The van der Waals surface area contributed by atoms with Crippen LogP contribution in [0.5, 0.6) is 0 Å². The van der Waals surface area contributed by atoms with E-state index in [-0.39, 0.29) is 16.0 Å². The Morgan fingerprint density at radius 3 is 2.39 bits per heavy atom. The Balaban J connectivity index is 2.88. The Hall–Kier alpha value is -1.78. The van der Waals surface area contributed by atoms with E-state index < -0.39 is 0 Å². The van der Waals surface area contributed by atoms with Gasteiger partial charge in [0.25, 0.3) is 5.69 Å². The third-order valence-corrected chi connectivity index (χ3v) is 3.15. The zero-order chi connectivity index (χ0) is 13.8. The molecule has 1 aromatic rings. The molecular weight excluding hydrogens is 230 g/mol. The van der Waals surface area contributed by atoms with Crippen LogP contribution in [0.3, 0.4) is 0 Å². The first-order valence-electron chi connectivity index (χ1n) is 6.09. The van der Waals surface area contributed by atoms with Crippen molar-refractivity contribution in [3.05, 3.63) is 28.3 Å². The van der Waals surface area contributed by atoms with Crippen molar-refractivity contribution in [1.82, 2.24) is 0 Å². The second kappa shape index (κ2) is 5.71. The minimum atomic E-state index is -0.378. The highest BCUT2D eigenvalue weighted by molar-refractivity contribution is 5.63. The summed E-state index contributed by atoms with van der Waals surface area (Å²) in [5, 5.41) is 17.0. The molecule has 0 fully saturated rings. The Kier molecular flexibility index (Phi) is 4.53. The number of nitrogens with zero attached hydrogens (tertiary/aromatic N) is 1. The van der Waals surface area contributed by atoms with Crippen LogP contribution in [0.25, 0.3) is 0 Å². The SMILES string of the molecule is CCC(C)(C)CNc1cc(NC)cc([N+](=O)[O-])c1. The summed E-state index contributed by atoms with van der Waals surface area (Å²) in [6, 6.07) is 4.96. The van der Waals surface area contributed by atoms with Crippen LogP contribution in [0.4, 0.5) is 17.1 Å². The van der Waals surface area contributed by atoms with E-state index in [2.05, 4.69) is 31.4 Å². The van der Waals surface area contributed by atoms with E-state index in [4.69, 9.17) is 0 Å². The average molecular weight is 251 g/mol. The number of nitro groups is 1. The van der Waals surface area contributed by atoms with Gasteiger partial charge >= 0.3 is 0 Å². The maximum absolute atomic E-state index is 10.8. The fourth-order valence-electron chi connectivity index (χ4n) is 1.43. The van der Waals surface area contributed by atoms with Crippen LogP contribution in [0, 0.1) is 15.5 Å². The summed E-state index contributed by atoms with van der Waals surface area (Å²) < 4.78 is 0. The molecule has 0 aliphatic rings. The predicted molar refractivity (Wildman–Crippen MR) is 75.2 cm³/mol. The van der Waals surface area contributed by atoms with Crippen molar-refractivity contribution in [2.75, 3.05) is 24.2 Å². The van der Waals surface area contributed by atoms with Crippen LogP contribution in [-0.4, -0.2) is 18.5 Å². The van der Waals surface area contributed by atoms with Gasteiger partial charge in [-0.3, -0.25) is 10.1 Å². The zero-order valence-electron chi connectivity index (χ0n) is 11.4. The standard InChI is InChI=1S/C13H21N3O2/c1-5-13(2,3)9-15-11-6-10(14-4)7-12(8-11)16(17)18/h6-8,14-15H,5,9H2,1-4H3. The number of anilines is 2. The van der Waals surface area contributed by atoms with Crippen LogP contribution >= 0.6 is 0 Å². The number of non-ortho nitro benzene ring substituents is 1. The van der Waals surface area contributed by atoms with Gasteiger partial charge in [-0.2, -0.15) is 0 Å². The lowest BCUT2D eigenvalue weighted by Gasteiger charge is -2.23. The third kappa shape index (κ3) is 3.91. The van der Waals surface area contributed by atoms with Crippen molar-refractivity contribution in [1.29, 1.82) is 0 Å². The number of benzene rings is 1. The summed E-state index contributed by atoms with van der Waals surface area (Å²) >= 11 is 0. The molecule has 0 aliphatic heterocycles. The van der Waals surface area contributed by atoms with Gasteiger partial charge in [0.15, 0.2) is 0 Å². The molecule has 5 heteroatoms. The highest BCUT2D eigenvalue weighted by atomic mass is 16.6. The zero-order valence-corrected chi connectivity index (χ0v) is 11.4. The topological polar surface area (TPSA) is 67.2 Å². The van der Waals surface area contributed by atoms with E-state index in [0.717, 1.165) is 24.3 Å². The van der Waals surface area contributed by atoms with Gasteiger partial charge in [0.1, 0.15) is 0 Å². The van der Waals surface area contributed by atoms with Crippen molar-refractivity contribution < 1.29 is 4.92 Å². The smallest absolute Gasteiger partial charge is 0.273 e. The molecule has 18 heavy (non-hydrogen) atoms. The highest BCUT2D eigenvalue weighted by Gasteiger charge is 2.15. The number of hydrogen-bond acceptors (Lipinski definition) is 4. The van der Waals surface area contributed by atoms with Gasteiger partial charge < -0.3 is 10.6 Å². The first-order chi connectivity index (χ1) is 8.38. The summed E-state index contributed by atoms with van der Waals surface area (Å²) in [6.07, 6.45) is 1.05. The molecule has 0 amide bonds. The van der Waals surface area contributed by atoms with Gasteiger partial charge in [0.2, 0.25) is 0 Å². The number of hydrogen-bond donors (Lipinski definition) is 2. The van der Waals surface area contributed by atoms with Crippen molar-refractivity contribution in [2.24, 2.45) is 5.41 Å². The quantitative estimate of drug-likeness (QED) is 0.600. The number of nitro benzene ring substituents is 1. The average Bonchev–Trinajstić information content (AvgIpc) is 2.36. The molecule has 2 N–H and O–H groups in total. The van der Waals surface area contributed by atoms with Gasteiger partial charge in [-0.15, -0.1) is 0 Å². The lowest BCUT2D eigenvalue weighted by Crippen LogP contribution is -2.22. The minimum Gasteiger partial charge on any atom is -0.388 e. The Labute approximate surface area is 108 Å². The van der Waals surface area contributed by atoms with E-state index in [1.54, 1.807) is 13.1 Å². The molecule has 1 aromatic carbocycles. The van der Waals surface area contributed by atoms with Crippen LogP contribution in [0.15, 0.2) is 18.2 Å². The fourth-order valence-corrected chi connectivity index (χ4v) is 1.43. The highest BCUT2D eigenvalue weighted by Crippen LogP contribution is 2.26. The van der Waals surface area contributed by atoms with Gasteiger partial charge in [0, 0.05) is 37.1 Å². The second-order valence-corrected chi connectivity index (χ2v) is 5.15. The van der Waals surface area contributed by atoms with Gasteiger partial charge in [0.05, 0.1) is 4.92 Å². The predicted octanol–water partition coefficient (Wildman–Crippen LogP) is 3.48. The van der Waals surface area contributed by atoms with Crippen LogP contribution in [0.2, 0.25) is 0 Å². The molecule has 0 radical (unpaired) electrons. The first-order valence-corrected chi connectivity index (χ1v) is 6.09. The molecule has 0 aromatic heterocycles. The summed E-state index contributed by atoms with van der Waals surface area (Å²) in [5.74, 6) is 0. The second-order valence-electron chi connectivity index (χ2n) is 5.15. The molecular formula is C13H21N3O2. The molecule has 0 bridgehead atoms. The summed E-state index contributed by atoms with van der Waals surface area (Å²) in [6.45, 7) is 7.24. The molecule has 0 unspecified atom stereocenters. The monoisotopic (exact) mass is 251 g/mol. The normalized spacial score (nSPS) is 11.1. The van der Waals surface area contributed by atoms with Crippen molar-refractivity contribution in [3.63, 3.8) is 0 Å². The third-order valence-electron chi connectivity index (χ3n) is 3.15. The van der Waals surface area contributed by atoms with E-state index in [1.807, 2.05) is 6.07 Å². The Bertz CT molecular complexity index is 430. The first kappa shape index (κ1) is 14.3. The largest absolute Gasteiger partial charge is 0.388 e. The molecule has 0 atom stereocenters. The van der Waals surface area contributed by atoms with E-state index in [1.165, 1.54) is 6.07 Å². The molecule has 1 rings (SSSR count). The van der Waals surface area contributed by atoms with E-state index >= 15 is 0 Å². The molecule has 0 saturated carbocycles. The summed E-state index contributed by atoms with van der Waals surface area (Å²) in [7, 11) is 1.75. The maximum atomic E-state index is 10.8.